The molecule has 0 aromatic heterocycles. The first-order chi connectivity index (χ1) is 19.3. The number of rotatable bonds is 21. The smallest absolute Gasteiger partial charge is 0.222 e. The Labute approximate surface area is 251 Å². The summed E-state index contributed by atoms with van der Waals surface area (Å²) in [6.07, 6.45) is 14.4. The fourth-order valence-electron chi connectivity index (χ4n) is 3.87. The molecule has 0 bridgehead atoms. The SMILES string of the molecule is C/C=C(\C=C/N)/C=C/c1ccc(N(C)CCCN(C)C(=O)CCCSSCCCC(=O)N(C)CCCNC)cc1. The molecule has 0 heterocycles. The highest BCUT2D eigenvalue weighted by Crippen LogP contribution is 2.24. The van der Waals surface area contributed by atoms with E-state index in [0.717, 1.165) is 80.2 Å². The Morgan fingerprint density at radius 2 is 1.43 bits per heavy atom. The van der Waals surface area contributed by atoms with Gasteiger partial charge < -0.3 is 25.8 Å². The Morgan fingerprint density at radius 1 is 0.850 bits per heavy atom. The van der Waals surface area contributed by atoms with Crippen molar-refractivity contribution in [1.29, 1.82) is 0 Å². The summed E-state index contributed by atoms with van der Waals surface area (Å²) < 4.78 is 0. The topological polar surface area (TPSA) is 81.9 Å². The lowest BCUT2D eigenvalue weighted by Crippen LogP contribution is -2.30. The van der Waals surface area contributed by atoms with Crippen molar-refractivity contribution < 1.29 is 9.59 Å². The molecule has 40 heavy (non-hydrogen) atoms. The van der Waals surface area contributed by atoms with Gasteiger partial charge in [-0.15, -0.1) is 0 Å². The molecule has 0 aliphatic rings. The molecule has 1 aromatic carbocycles. The Kier molecular flexibility index (Phi) is 19.9. The van der Waals surface area contributed by atoms with Gasteiger partial charge in [0.25, 0.3) is 0 Å². The van der Waals surface area contributed by atoms with Gasteiger partial charge in [0.05, 0.1) is 0 Å². The Bertz CT molecular complexity index is 934. The van der Waals surface area contributed by atoms with Crippen LogP contribution >= 0.6 is 21.6 Å². The summed E-state index contributed by atoms with van der Waals surface area (Å²) in [5.74, 6) is 2.35. The Hall–Kier alpha value is -2.36. The zero-order valence-corrected chi connectivity index (χ0v) is 26.9. The van der Waals surface area contributed by atoms with Crippen LogP contribution < -0.4 is 16.0 Å². The van der Waals surface area contributed by atoms with Crippen LogP contribution in [0.3, 0.4) is 0 Å². The van der Waals surface area contributed by atoms with Crippen molar-refractivity contribution in [3.8, 4) is 0 Å². The van der Waals surface area contributed by atoms with Crippen LogP contribution in [0.5, 0.6) is 0 Å². The summed E-state index contributed by atoms with van der Waals surface area (Å²) in [7, 11) is 11.4. The number of carbonyl (C=O) groups is 2. The zero-order valence-electron chi connectivity index (χ0n) is 25.2. The van der Waals surface area contributed by atoms with Gasteiger partial charge in [0.2, 0.25) is 11.8 Å². The zero-order chi connectivity index (χ0) is 29.6. The molecule has 0 unspecified atom stereocenters. The van der Waals surface area contributed by atoms with Gasteiger partial charge >= 0.3 is 0 Å². The van der Waals surface area contributed by atoms with Gasteiger partial charge in [0.1, 0.15) is 0 Å². The highest BCUT2D eigenvalue weighted by Gasteiger charge is 2.10. The fourth-order valence-corrected chi connectivity index (χ4v) is 6.05. The largest absolute Gasteiger partial charge is 0.405 e. The molecule has 0 atom stereocenters. The maximum absolute atomic E-state index is 12.5. The molecule has 0 fully saturated rings. The molecule has 2 amide bonds. The standard InChI is InChI=1S/C31H51N5O2S2/c1-6-27(19-20-32)13-14-28-15-17-29(18-16-28)34(3)23-10-24-36(5)31(38)12-8-26-40-39-25-7-11-30(37)35(4)22-9-21-33-2/h6,13-20,33H,7-12,21-26,32H2,1-5H3/b14-13+,20-19-,27-6-. The third-order valence-electron chi connectivity index (χ3n) is 6.50. The average Bonchev–Trinajstić information content (AvgIpc) is 2.96. The molecule has 3 N–H and O–H groups in total. The second-order valence-corrected chi connectivity index (χ2v) is 12.5. The van der Waals surface area contributed by atoms with Crippen molar-refractivity contribution in [3.05, 3.63) is 59.8 Å². The van der Waals surface area contributed by atoms with Gasteiger partial charge in [0, 0.05) is 70.8 Å². The minimum absolute atomic E-state index is 0.210. The molecule has 0 aliphatic carbocycles. The first-order valence-corrected chi connectivity index (χ1v) is 16.7. The van der Waals surface area contributed by atoms with Crippen LogP contribution in [0.2, 0.25) is 0 Å². The lowest BCUT2D eigenvalue weighted by molar-refractivity contribution is -0.130. The van der Waals surface area contributed by atoms with E-state index in [4.69, 9.17) is 5.73 Å². The van der Waals surface area contributed by atoms with Crippen LogP contribution in [0, 0.1) is 0 Å². The number of carbonyl (C=O) groups excluding carboxylic acids is 2. The third-order valence-corrected chi connectivity index (χ3v) is 9.08. The first kappa shape index (κ1) is 35.7. The van der Waals surface area contributed by atoms with Gasteiger partial charge in [-0.2, -0.15) is 0 Å². The molecule has 0 spiro atoms. The van der Waals surface area contributed by atoms with E-state index in [1.165, 1.54) is 0 Å². The molecule has 1 rings (SSSR count). The molecule has 9 heteroatoms. The average molecular weight is 590 g/mol. The normalized spacial score (nSPS) is 11.9. The van der Waals surface area contributed by atoms with Gasteiger partial charge in [0.15, 0.2) is 0 Å². The van der Waals surface area contributed by atoms with Crippen LogP contribution in [-0.4, -0.2) is 87.5 Å². The minimum atomic E-state index is 0.210. The summed E-state index contributed by atoms with van der Waals surface area (Å²) in [6.45, 7) is 5.37. The number of benzene rings is 1. The van der Waals surface area contributed by atoms with E-state index in [2.05, 4.69) is 47.6 Å². The predicted molar refractivity (Wildman–Crippen MR) is 178 cm³/mol. The second-order valence-electron chi connectivity index (χ2n) is 9.79. The summed E-state index contributed by atoms with van der Waals surface area (Å²) in [6, 6.07) is 8.47. The number of amides is 2. The van der Waals surface area contributed by atoms with E-state index >= 15 is 0 Å². The van der Waals surface area contributed by atoms with Gasteiger partial charge in [-0.05, 0) is 81.7 Å². The van der Waals surface area contributed by atoms with Crippen molar-refractivity contribution in [2.24, 2.45) is 5.73 Å². The first-order valence-electron chi connectivity index (χ1n) is 14.2. The molecule has 0 radical (unpaired) electrons. The van der Waals surface area contributed by atoms with Crippen molar-refractivity contribution in [2.75, 3.05) is 70.8 Å². The van der Waals surface area contributed by atoms with E-state index in [-0.39, 0.29) is 11.8 Å². The van der Waals surface area contributed by atoms with E-state index in [1.807, 2.05) is 56.1 Å². The predicted octanol–water partition coefficient (Wildman–Crippen LogP) is 5.41. The third kappa shape index (κ3) is 16.0. The molecule has 0 aliphatic heterocycles. The van der Waals surface area contributed by atoms with Crippen LogP contribution in [0.15, 0.2) is 54.3 Å². The fraction of sp³-hybridized carbons (Fsp3) is 0.548. The summed E-state index contributed by atoms with van der Waals surface area (Å²) in [5.41, 5.74) is 8.85. The molecule has 0 saturated heterocycles. The van der Waals surface area contributed by atoms with Gasteiger partial charge in [-0.1, -0.05) is 51.9 Å². The van der Waals surface area contributed by atoms with Gasteiger partial charge in [-0.3, -0.25) is 9.59 Å². The van der Waals surface area contributed by atoms with Crippen molar-refractivity contribution >= 4 is 45.2 Å². The molecular weight excluding hydrogens is 539 g/mol. The van der Waals surface area contributed by atoms with Crippen LogP contribution in [0.4, 0.5) is 5.69 Å². The van der Waals surface area contributed by atoms with E-state index in [0.29, 0.717) is 12.8 Å². The van der Waals surface area contributed by atoms with Crippen molar-refractivity contribution in [2.45, 2.75) is 45.4 Å². The summed E-state index contributed by atoms with van der Waals surface area (Å²) >= 11 is 0. The van der Waals surface area contributed by atoms with E-state index < -0.39 is 0 Å². The number of nitrogens with zero attached hydrogens (tertiary/aromatic N) is 3. The maximum Gasteiger partial charge on any atom is 0.222 e. The summed E-state index contributed by atoms with van der Waals surface area (Å²) in [5, 5.41) is 3.10. The Balaban J connectivity index is 2.17. The number of anilines is 1. The van der Waals surface area contributed by atoms with Crippen LogP contribution in [0.1, 0.15) is 51.0 Å². The Morgan fingerprint density at radius 3 is 1.95 bits per heavy atom. The quantitative estimate of drug-likeness (QED) is 0.113. The summed E-state index contributed by atoms with van der Waals surface area (Å²) in [4.78, 5) is 30.5. The molecule has 0 saturated carbocycles. The monoisotopic (exact) mass is 589 g/mol. The number of nitrogens with one attached hydrogen (secondary N) is 1. The van der Waals surface area contributed by atoms with E-state index in [1.54, 1.807) is 27.8 Å². The van der Waals surface area contributed by atoms with E-state index in [9.17, 15) is 9.59 Å². The highest BCUT2D eigenvalue weighted by atomic mass is 33.1. The lowest BCUT2D eigenvalue weighted by Gasteiger charge is -2.22. The molecular formula is C31H51N5O2S2. The van der Waals surface area contributed by atoms with Crippen LogP contribution in [0.25, 0.3) is 6.08 Å². The number of hydrogen-bond acceptors (Lipinski definition) is 7. The number of allylic oxidation sites excluding steroid dienone is 4. The number of nitrogens with two attached hydrogens (primary N) is 1. The van der Waals surface area contributed by atoms with Crippen molar-refractivity contribution in [3.63, 3.8) is 0 Å². The van der Waals surface area contributed by atoms with Gasteiger partial charge in [-0.25, -0.2) is 0 Å². The second kappa shape index (κ2) is 22.3. The molecule has 7 nitrogen and oxygen atoms in total. The molecule has 224 valence electrons. The maximum atomic E-state index is 12.5. The highest BCUT2D eigenvalue weighted by molar-refractivity contribution is 8.76. The van der Waals surface area contributed by atoms with Crippen molar-refractivity contribution in [1.82, 2.24) is 15.1 Å². The van der Waals surface area contributed by atoms with Crippen LogP contribution in [-0.2, 0) is 9.59 Å². The minimum Gasteiger partial charge on any atom is -0.405 e. The number of hydrogen-bond donors (Lipinski definition) is 2. The molecule has 1 aromatic rings. The lowest BCUT2D eigenvalue weighted by atomic mass is 10.1.